The number of hydrogen-bond donors (Lipinski definition) is 1. The quantitative estimate of drug-likeness (QED) is 0.685. The van der Waals surface area contributed by atoms with E-state index < -0.39 is 0 Å². The summed E-state index contributed by atoms with van der Waals surface area (Å²) in [5, 5.41) is 3.47. The molecule has 2 nitrogen and oxygen atoms in total. The van der Waals surface area contributed by atoms with Crippen LogP contribution in [-0.2, 0) is 4.79 Å². The molecule has 1 N–H and O–H groups in total. The van der Waals surface area contributed by atoms with Gasteiger partial charge in [0.05, 0.1) is 0 Å². The Labute approximate surface area is 104 Å². The van der Waals surface area contributed by atoms with E-state index in [9.17, 15) is 4.79 Å². The van der Waals surface area contributed by atoms with Crippen molar-refractivity contribution in [1.82, 2.24) is 5.32 Å². The Morgan fingerprint density at radius 2 is 1.65 bits per heavy atom. The summed E-state index contributed by atoms with van der Waals surface area (Å²) < 4.78 is 0. The van der Waals surface area contributed by atoms with Crippen molar-refractivity contribution in [2.45, 2.75) is 57.4 Å². The van der Waals surface area contributed by atoms with Crippen LogP contribution in [0.3, 0.4) is 0 Å². The average Bonchev–Trinajstić information content (AvgIpc) is 2.24. The Balaban J connectivity index is 1.70. The van der Waals surface area contributed by atoms with Crippen molar-refractivity contribution >= 4 is 5.91 Å². The molecule has 0 aromatic heterocycles. The van der Waals surface area contributed by atoms with E-state index in [2.05, 4.69) is 12.2 Å². The molecular weight excluding hydrogens is 210 g/mol. The van der Waals surface area contributed by atoms with E-state index in [1.165, 1.54) is 38.5 Å². The lowest BCUT2D eigenvalue weighted by Gasteiger charge is -2.63. The van der Waals surface area contributed by atoms with Gasteiger partial charge < -0.3 is 5.32 Å². The smallest absolute Gasteiger partial charge is 0.220 e. The molecule has 2 heteroatoms. The SMILES string of the molecule is CC1CC(=O)NC2(C1)C1CC3CC(C1)CC2C3. The minimum Gasteiger partial charge on any atom is -0.350 e. The van der Waals surface area contributed by atoms with E-state index in [4.69, 9.17) is 0 Å². The van der Waals surface area contributed by atoms with Crippen LogP contribution in [-0.4, -0.2) is 11.4 Å². The highest BCUT2D eigenvalue weighted by atomic mass is 16.1. The highest BCUT2D eigenvalue weighted by Crippen LogP contribution is 2.60. The minimum absolute atomic E-state index is 0.224. The van der Waals surface area contributed by atoms with Crippen LogP contribution in [0.1, 0.15) is 51.9 Å². The standard InChI is InChI=1S/C15H23NO/c1-9-2-14(17)16-15(8-9)12-4-10-3-11(6-12)7-13(15)5-10/h9-13H,2-8H2,1H3,(H,16,17). The van der Waals surface area contributed by atoms with Crippen LogP contribution in [0.4, 0.5) is 0 Å². The number of hydrogen-bond acceptors (Lipinski definition) is 1. The van der Waals surface area contributed by atoms with Gasteiger partial charge in [0.1, 0.15) is 0 Å². The Morgan fingerprint density at radius 3 is 2.18 bits per heavy atom. The van der Waals surface area contributed by atoms with Crippen LogP contribution < -0.4 is 5.32 Å². The van der Waals surface area contributed by atoms with Crippen LogP contribution in [0.25, 0.3) is 0 Å². The van der Waals surface area contributed by atoms with Gasteiger partial charge >= 0.3 is 0 Å². The van der Waals surface area contributed by atoms with Crippen molar-refractivity contribution in [3.8, 4) is 0 Å². The van der Waals surface area contributed by atoms with Crippen molar-refractivity contribution < 1.29 is 4.79 Å². The molecule has 1 atom stereocenters. The van der Waals surface area contributed by atoms with Gasteiger partial charge in [-0.15, -0.1) is 0 Å². The first kappa shape index (κ1) is 10.4. The molecule has 1 amide bonds. The molecule has 94 valence electrons. The molecule has 4 aliphatic carbocycles. The summed E-state index contributed by atoms with van der Waals surface area (Å²) in [7, 11) is 0. The second-order valence-corrected chi connectivity index (χ2v) is 7.41. The van der Waals surface area contributed by atoms with Gasteiger partial charge in [-0.2, -0.15) is 0 Å². The Bertz CT molecular complexity index is 334. The molecule has 1 saturated heterocycles. The molecule has 5 aliphatic rings. The van der Waals surface area contributed by atoms with Crippen molar-refractivity contribution in [3.63, 3.8) is 0 Å². The molecule has 1 unspecified atom stereocenters. The largest absolute Gasteiger partial charge is 0.350 e. The number of amides is 1. The number of carbonyl (C=O) groups excluding carboxylic acids is 1. The summed E-state index contributed by atoms with van der Waals surface area (Å²) in [6, 6.07) is 0. The van der Waals surface area contributed by atoms with Crippen molar-refractivity contribution in [2.75, 3.05) is 0 Å². The van der Waals surface area contributed by atoms with E-state index in [1.54, 1.807) is 0 Å². The zero-order valence-electron chi connectivity index (χ0n) is 10.7. The molecule has 1 spiro atoms. The summed E-state index contributed by atoms with van der Waals surface area (Å²) in [4.78, 5) is 12.0. The summed E-state index contributed by atoms with van der Waals surface area (Å²) in [5.74, 6) is 4.54. The summed E-state index contributed by atoms with van der Waals surface area (Å²) in [6.45, 7) is 2.27. The fourth-order valence-corrected chi connectivity index (χ4v) is 5.89. The minimum atomic E-state index is 0.224. The normalized spacial score (nSPS) is 56.3. The molecule has 5 fully saturated rings. The second kappa shape index (κ2) is 3.27. The van der Waals surface area contributed by atoms with Crippen LogP contribution in [0.5, 0.6) is 0 Å². The van der Waals surface area contributed by atoms with Crippen molar-refractivity contribution in [2.24, 2.45) is 29.6 Å². The lowest BCUT2D eigenvalue weighted by molar-refractivity contribution is -0.141. The lowest BCUT2D eigenvalue weighted by atomic mass is 9.46. The van der Waals surface area contributed by atoms with E-state index in [-0.39, 0.29) is 5.54 Å². The summed E-state index contributed by atoms with van der Waals surface area (Å²) in [6.07, 6.45) is 9.12. The van der Waals surface area contributed by atoms with Gasteiger partial charge in [0, 0.05) is 12.0 Å². The molecule has 0 radical (unpaired) electrons. The third-order valence-electron chi connectivity index (χ3n) is 6.19. The van der Waals surface area contributed by atoms with Gasteiger partial charge in [-0.1, -0.05) is 6.92 Å². The van der Waals surface area contributed by atoms with E-state index in [0.29, 0.717) is 11.8 Å². The first-order chi connectivity index (χ1) is 8.15. The molecule has 0 aromatic rings. The van der Waals surface area contributed by atoms with Crippen LogP contribution in [0.2, 0.25) is 0 Å². The van der Waals surface area contributed by atoms with Crippen LogP contribution >= 0.6 is 0 Å². The Hall–Kier alpha value is -0.530. The second-order valence-electron chi connectivity index (χ2n) is 7.41. The highest BCUT2D eigenvalue weighted by Gasteiger charge is 2.58. The highest BCUT2D eigenvalue weighted by molar-refractivity contribution is 5.78. The van der Waals surface area contributed by atoms with E-state index in [0.717, 1.165) is 30.1 Å². The third-order valence-corrected chi connectivity index (χ3v) is 6.19. The molecule has 17 heavy (non-hydrogen) atoms. The maximum Gasteiger partial charge on any atom is 0.220 e. The van der Waals surface area contributed by atoms with Crippen molar-refractivity contribution in [1.29, 1.82) is 0 Å². The fourth-order valence-electron chi connectivity index (χ4n) is 5.89. The van der Waals surface area contributed by atoms with Gasteiger partial charge in [-0.05, 0) is 68.1 Å². The predicted octanol–water partition coefficient (Wildman–Crippen LogP) is 2.73. The Kier molecular flexibility index (Phi) is 2.00. The molecule has 5 rings (SSSR count). The molecule has 4 bridgehead atoms. The lowest BCUT2D eigenvalue weighted by Crippen LogP contribution is -2.68. The molecule has 0 aromatic carbocycles. The zero-order valence-corrected chi connectivity index (χ0v) is 10.7. The van der Waals surface area contributed by atoms with E-state index in [1.807, 2.05) is 0 Å². The maximum absolute atomic E-state index is 12.0. The topological polar surface area (TPSA) is 29.1 Å². The molecule has 4 saturated carbocycles. The number of carbonyl (C=O) groups is 1. The number of rotatable bonds is 0. The number of piperidine rings is 1. The van der Waals surface area contributed by atoms with Gasteiger partial charge in [0.15, 0.2) is 0 Å². The van der Waals surface area contributed by atoms with Gasteiger partial charge in [-0.25, -0.2) is 0 Å². The third kappa shape index (κ3) is 1.36. The van der Waals surface area contributed by atoms with Crippen LogP contribution in [0, 0.1) is 29.6 Å². The van der Waals surface area contributed by atoms with E-state index >= 15 is 0 Å². The summed E-state index contributed by atoms with van der Waals surface area (Å²) in [5.41, 5.74) is 0.224. The number of nitrogens with one attached hydrogen (secondary N) is 1. The van der Waals surface area contributed by atoms with Crippen molar-refractivity contribution in [3.05, 3.63) is 0 Å². The van der Waals surface area contributed by atoms with Crippen LogP contribution in [0.15, 0.2) is 0 Å². The molecule has 1 heterocycles. The average molecular weight is 233 g/mol. The first-order valence-corrected chi connectivity index (χ1v) is 7.46. The Morgan fingerprint density at radius 1 is 1.06 bits per heavy atom. The maximum atomic E-state index is 12.0. The fraction of sp³-hybridized carbons (Fsp3) is 0.933. The van der Waals surface area contributed by atoms with Gasteiger partial charge in [-0.3, -0.25) is 4.79 Å². The monoisotopic (exact) mass is 233 g/mol. The molecule has 1 aliphatic heterocycles. The molecular formula is C15H23NO. The predicted molar refractivity (Wildman–Crippen MR) is 66.3 cm³/mol. The van der Waals surface area contributed by atoms with Gasteiger partial charge in [0.25, 0.3) is 0 Å². The van der Waals surface area contributed by atoms with Gasteiger partial charge in [0.2, 0.25) is 5.91 Å². The first-order valence-electron chi connectivity index (χ1n) is 7.46. The zero-order chi connectivity index (χ0) is 11.6. The summed E-state index contributed by atoms with van der Waals surface area (Å²) >= 11 is 0.